The number of halogens is 9. The SMILES string of the molecule is Cn1c(C(F)(C(F)(F)F)C(F)(F)F)cc(Cl)c1-n1cc(-c2cnc(Cl)c(C(=O)NC3(C#N)CC3)c2)cn1. The van der Waals surface area contributed by atoms with Crippen molar-refractivity contribution < 1.29 is 35.5 Å². The largest absolute Gasteiger partial charge is 0.437 e. The third-order valence-corrected chi connectivity index (χ3v) is 6.40. The van der Waals surface area contributed by atoms with Gasteiger partial charge in [-0.15, -0.1) is 0 Å². The first kappa shape index (κ1) is 26.7. The Kier molecular flexibility index (Phi) is 6.24. The standard InChI is InChI=1S/C21H13Cl2F7N6O/c1-35-14(19(24,20(25,26)27)21(28,29)30)5-13(22)17(35)36-8-11(7-33-36)10-4-12(15(23)32-6-10)16(37)34-18(9-31)2-3-18/h4-8H,2-3H2,1H3,(H,34,37). The van der Waals surface area contributed by atoms with Gasteiger partial charge in [-0.05, 0) is 25.0 Å². The predicted molar refractivity (Wildman–Crippen MR) is 116 cm³/mol. The van der Waals surface area contributed by atoms with Gasteiger partial charge in [0.05, 0.1) is 28.5 Å². The van der Waals surface area contributed by atoms with Crippen LogP contribution in [0.2, 0.25) is 10.2 Å². The van der Waals surface area contributed by atoms with Crippen molar-refractivity contribution in [2.75, 3.05) is 0 Å². The Morgan fingerprint density at radius 2 is 1.70 bits per heavy atom. The van der Waals surface area contributed by atoms with E-state index in [9.17, 15) is 35.5 Å². The first-order chi connectivity index (χ1) is 17.0. The van der Waals surface area contributed by atoms with Gasteiger partial charge in [-0.3, -0.25) is 4.79 Å². The average Bonchev–Trinajstić information content (AvgIpc) is 3.28. The summed E-state index contributed by atoms with van der Waals surface area (Å²) in [5, 5.41) is 14.8. The van der Waals surface area contributed by atoms with Crippen LogP contribution < -0.4 is 5.32 Å². The molecule has 0 aliphatic heterocycles. The Morgan fingerprint density at radius 3 is 2.24 bits per heavy atom. The van der Waals surface area contributed by atoms with Crippen LogP contribution in [-0.2, 0) is 12.7 Å². The van der Waals surface area contributed by atoms with Crippen molar-refractivity contribution in [3.05, 3.63) is 52.2 Å². The monoisotopic (exact) mass is 568 g/mol. The van der Waals surface area contributed by atoms with Crippen molar-refractivity contribution in [1.29, 1.82) is 5.26 Å². The number of rotatable bonds is 5. The summed E-state index contributed by atoms with van der Waals surface area (Å²) in [5.74, 6) is -1.15. The fourth-order valence-electron chi connectivity index (χ4n) is 3.63. The van der Waals surface area contributed by atoms with E-state index in [2.05, 4.69) is 15.4 Å². The van der Waals surface area contributed by atoms with Gasteiger partial charge in [0.1, 0.15) is 10.7 Å². The minimum Gasteiger partial charge on any atom is -0.334 e. The van der Waals surface area contributed by atoms with Gasteiger partial charge in [0.2, 0.25) is 0 Å². The van der Waals surface area contributed by atoms with Crippen molar-refractivity contribution in [2.24, 2.45) is 7.05 Å². The van der Waals surface area contributed by atoms with E-state index < -0.39 is 46.0 Å². The third-order valence-electron chi connectivity index (χ3n) is 5.82. The maximum absolute atomic E-state index is 14.6. The molecule has 0 atom stereocenters. The molecule has 0 aromatic carbocycles. The molecule has 3 heterocycles. The van der Waals surface area contributed by atoms with Gasteiger partial charge < -0.3 is 9.88 Å². The minimum absolute atomic E-state index is 0.0785. The molecular formula is C21H13Cl2F7N6O. The summed E-state index contributed by atoms with van der Waals surface area (Å²) < 4.78 is 95.3. The van der Waals surface area contributed by atoms with Crippen molar-refractivity contribution in [3.8, 4) is 23.0 Å². The highest BCUT2D eigenvalue weighted by atomic mass is 35.5. The van der Waals surface area contributed by atoms with Crippen LogP contribution in [0.1, 0.15) is 28.9 Å². The van der Waals surface area contributed by atoms with Crippen LogP contribution in [0.3, 0.4) is 0 Å². The number of carbonyl (C=O) groups is 1. The molecule has 16 heteroatoms. The minimum atomic E-state index is -6.33. The molecule has 1 aliphatic carbocycles. The fraction of sp³-hybridized carbons (Fsp3) is 0.333. The van der Waals surface area contributed by atoms with Crippen LogP contribution >= 0.6 is 23.2 Å². The smallest absolute Gasteiger partial charge is 0.334 e. The van der Waals surface area contributed by atoms with Gasteiger partial charge in [0.25, 0.3) is 5.91 Å². The summed E-state index contributed by atoms with van der Waals surface area (Å²) >= 11 is 11.9. The van der Waals surface area contributed by atoms with Crippen LogP contribution in [0.25, 0.3) is 16.9 Å². The molecule has 4 rings (SSSR count). The Morgan fingerprint density at radius 1 is 1.08 bits per heavy atom. The molecule has 3 aromatic heterocycles. The zero-order chi connectivity index (χ0) is 27.6. The van der Waals surface area contributed by atoms with E-state index in [1.807, 2.05) is 6.07 Å². The third kappa shape index (κ3) is 4.40. The number of hydrogen-bond acceptors (Lipinski definition) is 4. The number of nitrogens with zero attached hydrogens (tertiary/aromatic N) is 5. The number of amides is 1. The molecule has 1 saturated carbocycles. The Hall–Kier alpha value is -3.31. The van der Waals surface area contributed by atoms with Crippen LogP contribution in [-0.4, -0.2) is 43.1 Å². The van der Waals surface area contributed by atoms with Crippen molar-refractivity contribution in [1.82, 2.24) is 24.6 Å². The molecule has 0 saturated heterocycles. The summed E-state index contributed by atoms with van der Waals surface area (Å²) in [4.78, 5) is 16.5. The van der Waals surface area contributed by atoms with Gasteiger partial charge in [0.15, 0.2) is 5.82 Å². The molecule has 0 spiro atoms. The first-order valence-corrected chi connectivity index (χ1v) is 10.9. The van der Waals surface area contributed by atoms with Gasteiger partial charge in [-0.2, -0.15) is 36.7 Å². The van der Waals surface area contributed by atoms with E-state index in [-0.39, 0.29) is 27.9 Å². The lowest BCUT2D eigenvalue weighted by Crippen LogP contribution is -2.51. The number of nitrogens with one attached hydrogen (secondary N) is 1. The lowest BCUT2D eigenvalue weighted by Gasteiger charge is -2.30. The molecule has 1 aliphatic rings. The summed E-state index contributed by atoms with van der Waals surface area (Å²) in [6.07, 6.45) is -8.13. The lowest BCUT2D eigenvalue weighted by atomic mass is 10.0. The molecule has 0 bridgehead atoms. The topological polar surface area (TPSA) is 88.5 Å². The Labute approximate surface area is 213 Å². The van der Waals surface area contributed by atoms with Gasteiger partial charge in [0, 0.05) is 30.6 Å². The van der Waals surface area contributed by atoms with E-state index in [1.165, 1.54) is 24.7 Å². The predicted octanol–water partition coefficient (Wildman–Crippen LogP) is 5.65. The molecule has 0 radical (unpaired) electrons. The second-order valence-corrected chi connectivity index (χ2v) is 9.06. The average molecular weight is 569 g/mol. The lowest BCUT2D eigenvalue weighted by molar-refractivity contribution is -0.350. The highest BCUT2D eigenvalue weighted by molar-refractivity contribution is 6.33. The summed E-state index contributed by atoms with van der Waals surface area (Å²) in [6, 6.07) is 3.54. The van der Waals surface area contributed by atoms with Crippen LogP contribution in [0.5, 0.6) is 0 Å². The maximum Gasteiger partial charge on any atom is 0.437 e. The number of pyridine rings is 1. The van der Waals surface area contributed by atoms with Gasteiger partial charge >= 0.3 is 18.0 Å². The zero-order valence-electron chi connectivity index (χ0n) is 18.3. The van der Waals surface area contributed by atoms with Gasteiger partial charge in [-0.1, -0.05) is 23.2 Å². The maximum atomic E-state index is 14.6. The Balaban J connectivity index is 1.72. The molecule has 37 heavy (non-hydrogen) atoms. The molecule has 196 valence electrons. The zero-order valence-corrected chi connectivity index (χ0v) is 19.9. The summed E-state index contributed by atoms with van der Waals surface area (Å²) in [7, 11) is 0.777. The van der Waals surface area contributed by atoms with Crippen molar-refractivity contribution in [3.63, 3.8) is 0 Å². The number of nitriles is 1. The van der Waals surface area contributed by atoms with E-state index in [0.717, 1.165) is 11.7 Å². The second-order valence-electron chi connectivity index (χ2n) is 8.30. The fourth-order valence-corrected chi connectivity index (χ4v) is 4.13. The van der Waals surface area contributed by atoms with Crippen LogP contribution in [0.15, 0.2) is 30.7 Å². The van der Waals surface area contributed by atoms with E-state index in [1.54, 1.807) is 0 Å². The number of hydrogen-bond donors (Lipinski definition) is 1. The van der Waals surface area contributed by atoms with E-state index in [0.29, 0.717) is 17.4 Å². The highest BCUT2D eigenvalue weighted by Crippen LogP contribution is 2.54. The normalized spacial score (nSPS) is 15.4. The van der Waals surface area contributed by atoms with Crippen molar-refractivity contribution in [2.45, 2.75) is 36.4 Å². The number of carbonyl (C=O) groups excluding carboxylic acids is 1. The molecule has 1 fully saturated rings. The van der Waals surface area contributed by atoms with Crippen molar-refractivity contribution >= 4 is 29.1 Å². The van der Waals surface area contributed by atoms with E-state index in [4.69, 9.17) is 28.5 Å². The quantitative estimate of drug-likeness (QED) is 0.318. The molecule has 1 N–H and O–H groups in total. The molecule has 0 unspecified atom stereocenters. The van der Waals surface area contributed by atoms with Gasteiger partial charge in [-0.25, -0.2) is 14.1 Å². The molecule has 7 nitrogen and oxygen atoms in total. The molecular weight excluding hydrogens is 556 g/mol. The van der Waals surface area contributed by atoms with Crippen LogP contribution in [0.4, 0.5) is 30.7 Å². The van der Waals surface area contributed by atoms with Crippen LogP contribution in [0, 0.1) is 11.3 Å². The Bertz CT molecular complexity index is 1420. The number of aromatic nitrogens is 4. The first-order valence-electron chi connectivity index (χ1n) is 10.2. The second kappa shape index (κ2) is 8.63. The summed E-state index contributed by atoms with van der Waals surface area (Å²) in [5.41, 5.74) is -8.08. The number of alkyl halides is 7. The molecule has 3 aromatic rings. The molecule has 1 amide bonds. The van der Waals surface area contributed by atoms with E-state index >= 15 is 0 Å². The summed E-state index contributed by atoms with van der Waals surface area (Å²) in [6.45, 7) is 0. The highest BCUT2D eigenvalue weighted by Gasteiger charge is 2.75.